The Morgan fingerprint density at radius 3 is 2.86 bits per heavy atom. The molecule has 4 nitrogen and oxygen atoms in total. The number of ether oxygens (including phenoxy) is 1. The summed E-state index contributed by atoms with van der Waals surface area (Å²) in [5.74, 6) is 0.449. The maximum absolute atomic E-state index is 9.62. The highest BCUT2D eigenvalue weighted by molar-refractivity contribution is 5.12. The molecule has 0 radical (unpaired) electrons. The van der Waals surface area contributed by atoms with E-state index in [4.69, 9.17) is 4.74 Å². The maximum atomic E-state index is 9.62. The van der Waals surface area contributed by atoms with Crippen molar-refractivity contribution in [1.29, 1.82) is 0 Å². The summed E-state index contributed by atoms with van der Waals surface area (Å²) in [6.45, 7) is 3.59. The first-order valence-electron chi connectivity index (χ1n) is 4.44. The molecule has 0 aliphatic carbocycles. The second kappa shape index (κ2) is 5.34. The van der Waals surface area contributed by atoms with Crippen LogP contribution in [0.5, 0.6) is 5.88 Å². The number of aliphatic hydroxyl groups excluding tert-OH is 1. The molecule has 1 heterocycles. The smallest absolute Gasteiger partial charge is 0.233 e. The predicted molar refractivity (Wildman–Crippen MR) is 53.0 cm³/mol. The van der Waals surface area contributed by atoms with E-state index in [1.165, 1.54) is 7.11 Å². The molecule has 1 N–H and O–H groups in total. The van der Waals surface area contributed by atoms with Gasteiger partial charge < -0.3 is 9.84 Å². The van der Waals surface area contributed by atoms with Gasteiger partial charge in [0.1, 0.15) is 0 Å². The molecule has 0 saturated carbocycles. The average Bonchev–Trinajstić information content (AvgIpc) is 2.26. The van der Waals surface area contributed by atoms with Gasteiger partial charge >= 0.3 is 0 Å². The molecule has 1 unspecified atom stereocenters. The monoisotopic (exact) mass is 194 g/mol. The number of hydrogen-bond acceptors (Lipinski definition) is 4. The van der Waals surface area contributed by atoms with Gasteiger partial charge in [-0.25, -0.2) is 0 Å². The summed E-state index contributed by atoms with van der Waals surface area (Å²) < 4.78 is 4.86. The van der Waals surface area contributed by atoms with Crippen molar-refractivity contribution < 1.29 is 9.84 Å². The van der Waals surface area contributed by atoms with Crippen molar-refractivity contribution in [3.8, 4) is 5.88 Å². The van der Waals surface area contributed by atoms with E-state index in [9.17, 15) is 5.11 Å². The molecule has 1 rings (SSSR count). The number of nitrogens with zero attached hydrogens (tertiary/aromatic N) is 2. The molecule has 0 amide bonds. The van der Waals surface area contributed by atoms with E-state index in [0.29, 0.717) is 18.0 Å². The van der Waals surface area contributed by atoms with Gasteiger partial charge in [-0.15, -0.1) is 16.8 Å². The summed E-state index contributed by atoms with van der Waals surface area (Å²) in [6.07, 6.45) is 2.56. The first-order chi connectivity index (χ1) is 6.77. The van der Waals surface area contributed by atoms with E-state index < -0.39 is 6.10 Å². The van der Waals surface area contributed by atoms with Gasteiger partial charge in [0, 0.05) is 6.07 Å². The minimum Gasteiger partial charge on any atom is -0.480 e. The standard InChI is InChI=1S/C10H14N2O2/c1-3-4-5-9(13)8-6-7-10(14-2)12-11-8/h3,6-7,9,13H,1,4-5H2,2H3. The van der Waals surface area contributed by atoms with Gasteiger partial charge in [0.15, 0.2) is 0 Å². The molecule has 0 spiro atoms. The second-order valence-corrected chi connectivity index (χ2v) is 2.88. The first-order valence-corrected chi connectivity index (χ1v) is 4.44. The van der Waals surface area contributed by atoms with Crippen LogP contribution < -0.4 is 4.74 Å². The van der Waals surface area contributed by atoms with Gasteiger partial charge in [-0.1, -0.05) is 6.08 Å². The van der Waals surface area contributed by atoms with E-state index >= 15 is 0 Å². The summed E-state index contributed by atoms with van der Waals surface area (Å²) in [5.41, 5.74) is 0.563. The van der Waals surface area contributed by atoms with Crippen molar-refractivity contribution in [3.63, 3.8) is 0 Å². The molecule has 0 aromatic carbocycles. The van der Waals surface area contributed by atoms with Gasteiger partial charge in [-0.3, -0.25) is 0 Å². The van der Waals surface area contributed by atoms with Crippen LogP contribution in [0.15, 0.2) is 24.8 Å². The fourth-order valence-electron chi connectivity index (χ4n) is 1.04. The largest absolute Gasteiger partial charge is 0.480 e. The molecule has 0 aliphatic rings. The predicted octanol–water partition coefficient (Wildman–Crippen LogP) is 1.48. The Morgan fingerprint density at radius 1 is 1.57 bits per heavy atom. The zero-order valence-corrected chi connectivity index (χ0v) is 8.18. The lowest BCUT2D eigenvalue weighted by Gasteiger charge is -2.07. The van der Waals surface area contributed by atoms with E-state index in [2.05, 4.69) is 16.8 Å². The van der Waals surface area contributed by atoms with E-state index in [0.717, 1.165) is 6.42 Å². The molecular formula is C10H14N2O2. The molecule has 0 saturated heterocycles. The summed E-state index contributed by atoms with van der Waals surface area (Å²) in [4.78, 5) is 0. The third-order valence-electron chi connectivity index (χ3n) is 1.86. The van der Waals surface area contributed by atoms with Gasteiger partial charge in [-0.2, -0.15) is 0 Å². The van der Waals surface area contributed by atoms with E-state index in [1.807, 2.05) is 0 Å². The Labute approximate surface area is 83.2 Å². The summed E-state index contributed by atoms with van der Waals surface area (Å²) in [6, 6.07) is 3.39. The molecule has 1 aromatic rings. The summed E-state index contributed by atoms with van der Waals surface area (Å²) in [5, 5.41) is 17.2. The Kier molecular flexibility index (Phi) is 4.07. The minimum atomic E-state index is -0.577. The molecule has 1 atom stereocenters. The van der Waals surface area contributed by atoms with Crippen LogP contribution in [0.25, 0.3) is 0 Å². The lowest BCUT2D eigenvalue weighted by atomic mass is 10.1. The molecule has 76 valence electrons. The Hall–Kier alpha value is -1.42. The van der Waals surface area contributed by atoms with Crippen LogP contribution in [0.2, 0.25) is 0 Å². The van der Waals surface area contributed by atoms with Crippen molar-refractivity contribution >= 4 is 0 Å². The number of aromatic nitrogens is 2. The van der Waals surface area contributed by atoms with Gasteiger partial charge in [0.25, 0.3) is 0 Å². The van der Waals surface area contributed by atoms with Crippen LogP contribution in [0.3, 0.4) is 0 Å². The molecule has 0 fully saturated rings. The SMILES string of the molecule is C=CCCC(O)c1ccc(OC)nn1. The molecule has 0 bridgehead atoms. The van der Waals surface area contributed by atoms with Crippen LogP contribution in [-0.4, -0.2) is 22.4 Å². The number of rotatable bonds is 5. The fraction of sp³-hybridized carbons (Fsp3) is 0.400. The van der Waals surface area contributed by atoms with Crippen LogP contribution >= 0.6 is 0 Å². The Morgan fingerprint density at radius 2 is 2.36 bits per heavy atom. The third-order valence-corrected chi connectivity index (χ3v) is 1.86. The zero-order chi connectivity index (χ0) is 10.4. The fourth-order valence-corrected chi connectivity index (χ4v) is 1.04. The van der Waals surface area contributed by atoms with E-state index in [1.54, 1.807) is 18.2 Å². The van der Waals surface area contributed by atoms with E-state index in [-0.39, 0.29) is 0 Å². The third kappa shape index (κ3) is 2.81. The van der Waals surface area contributed by atoms with Crippen molar-refractivity contribution in [2.24, 2.45) is 0 Å². The lowest BCUT2D eigenvalue weighted by molar-refractivity contribution is 0.162. The van der Waals surface area contributed by atoms with Gasteiger partial charge in [0.05, 0.1) is 18.9 Å². The van der Waals surface area contributed by atoms with Crippen LogP contribution in [-0.2, 0) is 0 Å². The lowest BCUT2D eigenvalue weighted by Crippen LogP contribution is -2.02. The number of allylic oxidation sites excluding steroid dienone is 1. The first kappa shape index (κ1) is 10.7. The van der Waals surface area contributed by atoms with Crippen LogP contribution in [0, 0.1) is 0 Å². The normalized spacial score (nSPS) is 12.1. The highest BCUT2D eigenvalue weighted by Crippen LogP contribution is 2.16. The molecule has 0 aliphatic heterocycles. The highest BCUT2D eigenvalue weighted by Gasteiger charge is 2.08. The Balaban J connectivity index is 2.61. The molecule has 14 heavy (non-hydrogen) atoms. The quantitative estimate of drug-likeness (QED) is 0.721. The van der Waals surface area contributed by atoms with Gasteiger partial charge in [-0.05, 0) is 18.9 Å². The van der Waals surface area contributed by atoms with Crippen LogP contribution in [0.1, 0.15) is 24.6 Å². The average molecular weight is 194 g/mol. The molecule has 1 aromatic heterocycles. The Bertz CT molecular complexity index is 285. The van der Waals surface area contributed by atoms with Crippen molar-refractivity contribution in [2.45, 2.75) is 18.9 Å². The summed E-state index contributed by atoms with van der Waals surface area (Å²) >= 11 is 0. The number of methoxy groups -OCH3 is 1. The van der Waals surface area contributed by atoms with Crippen molar-refractivity contribution in [1.82, 2.24) is 10.2 Å². The topological polar surface area (TPSA) is 55.2 Å². The van der Waals surface area contributed by atoms with Gasteiger partial charge in [0.2, 0.25) is 5.88 Å². The molecular weight excluding hydrogens is 180 g/mol. The van der Waals surface area contributed by atoms with Crippen molar-refractivity contribution in [3.05, 3.63) is 30.5 Å². The number of hydrogen-bond donors (Lipinski definition) is 1. The highest BCUT2D eigenvalue weighted by atomic mass is 16.5. The molecule has 4 heteroatoms. The van der Waals surface area contributed by atoms with Crippen molar-refractivity contribution in [2.75, 3.05) is 7.11 Å². The van der Waals surface area contributed by atoms with Crippen LogP contribution in [0.4, 0.5) is 0 Å². The minimum absolute atomic E-state index is 0.449. The summed E-state index contributed by atoms with van der Waals surface area (Å²) in [7, 11) is 1.53. The number of aliphatic hydroxyl groups is 1. The zero-order valence-electron chi connectivity index (χ0n) is 8.18. The second-order valence-electron chi connectivity index (χ2n) is 2.88. The maximum Gasteiger partial charge on any atom is 0.233 e.